The van der Waals surface area contributed by atoms with Crippen LogP contribution in [0.2, 0.25) is 5.15 Å². The molecule has 3 aromatic rings. The molecule has 1 N–H and O–H groups in total. The number of amides is 1. The molecule has 0 aliphatic carbocycles. The lowest BCUT2D eigenvalue weighted by molar-refractivity contribution is -0.0419. The highest BCUT2D eigenvalue weighted by atomic mass is 35.5. The van der Waals surface area contributed by atoms with Gasteiger partial charge in [-0.25, -0.2) is 9.78 Å². The Kier molecular flexibility index (Phi) is 5.80. The summed E-state index contributed by atoms with van der Waals surface area (Å²) in [7, 11) is 0. The van der Waals surface area contributed by atoms with E-state index in [-0.39, 0.29) is 12.1 Å². The minimum absolute atomic E-state index is 0.0758. The first kappa shape index (κ1) is 23.7. The van der Waals surface area contributed by atoms with Gasteiger partial charge in [0.2, 0.25) is 0 Å². The quantitative estimate of drug-likeness (QED) is 0.590. The molecular weight excluding hydrogens is 472 g/mol. The first-order chi connectivity index (χ1) is 16.5. The van der Waals surface area contributed by atoms with Crippen LogP contribution >= 0.6 is 11.6 Å². The molecule has 1 fully saturated rings. The maximum absolute atomic E-state index is 13.3. The fourth-order valence-electron chi connectivity index (χ4n) is 4.65. The van der Waals surface area contributed by atoms with Gasteiger partial charge in [-0.3, -0.25) is 13.9 Å². The number of ether oxygens (including phenoxy) is 2. The summed E-state index contributed by atoms with van der Waals surface area (Å²) in [6, 6.07) is 7.45. The van der Waals surface area contributed by atoms with E-state index in [9.17, 15) is 14.7 Å². The van der Waals surface area contributed by atoms with Crippen molar-refractivity contribution in [2.24, 2.45) is 0 Å². The minimum Gasteiger partial charge on any atom is -0.493 e. The van der Waals surface area contributed by atoms with Gasteiger partial charge in [0.1, 0.15) is 22.8 Å². The van der Waals surface area contributed by atoms with Crippen LogP contribution in [0.5, 0.6) is 5.75 Å². The second-order valence-electron chi connectivity index (χ2n) is 10.3. The molecule has 5 rings (SSSR count). The third kappa shape index (κ3) is 4.62. The van der Waals surface area contributed by atoms with Crippen LogP contribution in [0.25, 0.3) is 16.7 Å². The minimum atomic E-state index is -1.14. The summed E-state index contributed by atoms with van der Waals surface area (Å²) in [6.07, 6.45) is 2.57. The number of aliphatic hydroxyl groups is 1. The van der Waals surface area contributed by atoms with Gasteiger partial charge in [0.15, 0.2) is 5.65 Å². The molecule has 0 atom stereocenters. The van der Waals surface area contributed by atoms with Crippen LogP contribution in [0, 0.1) is 0 Å². The number of hydrogen-bond donors (Lipinski definition) is 1. The fourth-order valence-corrected chi connectivity index (χ4v) is 4.93. The van der Waals surface area contributed by atoms with Crippen molar-refractivity contribution in [2.75, 3.05) is 19.7 Å². The molecule has 0 unspecified atom stereocenters. The number of halogens is 1. The Morgan fingerprint density at radius 1 is 1.26 bits per heavy atom. The monoisotopic (exact) mass is 500 g/mol. The summed E-state index contributed by atoms with van der Waals surface area (Å²) < 4.78 is 14.2. The largest absolute Gasteiger partial charge is 0.493 e. The predicted octanol–water partition coefficient (Wildman–Crippen LogP) is 3.54. The molecule has 10 heteroatoms. The van der Waals surface area contributed by atoms with Gasteiger partial charge in [0, 0.05) is 25.6 Å². The molecule has 186 valence electrons. The first-order valence-corrected chi connectivity index (χ1v) is 12.1. The number of hydrogen-bond acceptors (Lipinski definition) is 6. The van der Waals surface area contributed by atoms with Crippen LogP contribution < -0.4 is 10.3 Å². The summed E-state index contributed by atoms with van der Waals surface area (Å²) >= 11 is 6.52. The lowest BCUT2D eigenvalue weighted by atomic mass is 9.91. The summed E-state index contributed by atoms with van der Waals surface area (Å²) in [4.78, 5) is 31.7. The molecule has 0 radical (unpaired) electrons. The zero-order valence-electron chi connectivity index (χ0n) is 20.1. The zero-order chi connectivity index (χ0) is 25.0. The van der Waals surface area contributed by atoms with Crippen LogP contribution in [-0.2, 0) is 17.7 Å². The van der Waals surface area contributed by atoms with E-state index < -0.39 is 17.3 Å². The summed E-state index contributed by atoms with van der Waals surface area (Å²) in [5.74, 6) is 0.814. The number of rotatable bonds is 3. The number of carbonyl (C=O) groups is 1. The molecule has 35 heavy (non-hydrogen) atoms. The van der Waals surface area contributed by atoms with Crippen LogP contribution in [0.15, 0.2) is 35.4 Å². The van der Waals surface area contributed by atoms with Crippen molar-refractivity contribution in [1.29, 1.82) is 0 Å². The predicted molar refractivity (Wildman–Crippen MR) is 132 cm³/mol. The van der Waals surface area contributed by atoms with Gasteiger partial charge in [0.05, 0.1) is 29.8 Å². The van der Waals surface area contributed by atoms with Crippen molar-refractivity contribution < 1.29 is 19.4 Å². The standard InChI is InChI=1S/C25H29ClN4O5/c1-24(2,3)35-23(32)28-9-7-25(33,8-10-28)14-29-15-27-21-18(22(29)31)13-20(26)30(21)17-5-4-16-6-11-34-19(16)12-17/h4-5,12-13,15,33H,6-11,14H2,1-3H3. The van der Waals surface area contributed by atoms with E-state index in [1.807, 2.05) is 39.0 Å². The van der Waals surface area contributed by atoms with E-state index in [1.54, 1.807) is 15.5 Å². The van der Waals surface area contributed by atoms with Gasteiger partial charge in [-0.15, -0.1) is 0 Å². The Labute approximate surface area is 207 Å². The highest BCUT2D eigenvalue weighted by molar-refractivity contribution is 6.31. The van der Waals surface area contributed by atoms with E-state index in [4.69, 9.17) is 21.1 Å². The lowest BCUT2D eigenvalue weighted by Gasteiger charge is -2.38. The molecule has 1 saturated heterocycles. The second kappa shape index (κ2) is 8.57. The molecule has 0 saturated carbocycles. The van der Waals surface area contributed by atoms with Gasteiger partial charge in [-0.1, -0.05) is 17.7 Å². The maximum Gasteiger partial charge on any atom is 0.410 e. The maximum atomic E-state index is 13.3. The second-order valence-corrected chi connectivity index (χ2v) is 10.7. The van der Waals surface area contributed by atoms with Crippen LogP contribution in [0.1, 0.15) is 39.2 Å². The van der Waals surface area contributed by atoms with Gasteiger partial charge in [-0.05, 0) is 51.3 Å². The Morgan fingerprint density at radius 3 is 2.71 bits per heavy atom. The number of likely N-dealkylation sites (tertiary alicyclic amines) is 1. The van der Waals surface area contributed by atoms with Gasteiger partial charge >= 0.3 is 6.09 Å². The van der Waals surface area contributed by atoms with Gasteiger partial charge in [-0.2, -0.15) is 0 Å². The number of nitrogens with zero attached hydrogens (tertiary/aromatic N) is 4. The third-order valence-electron chi connectivity index (χ3n) is 6.49. The molecule has 2 aromatic heterocycles. The van der Waals surface area contributed by atoms with Gasteiger partial charge < -0.3 is 19.5 Å². The molecular formula is C25H29ClN4O5. The SMILES string of the molecule is CC(C)(C)OC(=O)N1CCC(O)(Cn2cnc3c(cc(Cl)n3-c3ccc4c(c3)OCC4)c2=O)CC1. The highest BCUT2D eigenvalue weighted by Gasteiger charge is 2.36. The van der Waals surface area contributed by atoms with E-state index in [0.29, 0.717) is 48.7 Å². The molecule has 1 amide bonds. The van der Waals surface area contributed by atoms with Gasteiger partial charge in [0.25, 0.3) is 5.56 Å². The summed E-state index contributed by atoms with van der Waals surface area (Å²) in [6.45, 7) is 6.87. The molecule has 4 heterocycles. The number of benzene rings is 1. The molecule has 0 bridgehead atoms. The zero-order valence-corrected chi connectivity index (χ0v) is 20.8. The normalized spacial score (nSPS) is 17.3. The van der Waals surface area contributed by atoms with E-state index in [0.717, 1.165) is 23.4 Å². The molecule has 0 spiro atoms. The van der Waals surface area contributed by atoms with E-state index in [2.05, 4.69) is 4.98 Å². The summed E-state index contributed by atoms with van der Waals surface area (Å²) in [5.41, 5.74) is 0.355. The molecule has 1 aromatic carbocycles. The van der Waals surface area contributed by atoms with Crippen molar-refractivity contribution in [3.8, 4) is 11.4 Å². The number of carbonyl (C=O) groups excluding carboxylic acids is 1. The number of aromatic nitrogens is 3. The van der Waals surface area contributed by atoms with Crippen molar-refractivity contribution in [3.63, 3.8) is 0 Å². The molecule has 9 nitrogen and oxygen atoms in total. The third-order valence-corrected chi connectivity index (χ3v) is 6.77. The van der Waals surface area contributed by atoms with Crippen LogP contribution in [0.4, 0.5) is 4.79 Å². The average Bonchev–Trinajstić information content (AvgIpc) is 3.38. The van der Waals surface area contributed by atoms with Crippen molar-refractivity contribution in [2.45, 2.75) is 57.8 Å². The lowest BCUT2D eigenvalue weighted by Crippen LogP contribution is -2.50. The number of fused-ring (bicyclic) bond motifs is 2. The molecule has 2 aliphatic rings. The Hall–Kier alpha value is -3.04. The average molecular weight is 501 g/mol. The topological polar surface area (TPSA) is 98.8 Å². The fraction of sp³-hybridized carbons (Fsp3) is 0.480. The van der Waals surface area contributed by atoms with Crippen molar-refractivity contribution >= 4 is 28.7 Å². The smallest absolute Gasteiger partial charge is 0.410 e. The Bertz CT molecular complexity index is 1350. The number of piperidine rings is 1. The van der Waals surface area contributed by atoms with E-state index in [1.165, 1.54) is 10.9 Å². The highest BCUT2D eigenvalue weighted by Crippen LogP contribution is 2.32. The van der Waals surface area contributed by atoms with Crippen LogP contribution in [0.3, 0.4) is 0 Å². The summed E-state index contributed by atoms with van der Waals surface area (Å²) in [5, 5.41) is 11.9. The Balaban J connectivity index is 1.37. The van der Waals surface area contributed by atoms with Crippen molar-refractivity contribution in [1.82, 2.24) is 19.0 Å². The van der Waals surface area contributed by atoms with E-state index >= 15 is 0 Å². The Morgan fingerprint density at radius 2 is 2.00 bits per heavy atom. The van der Waals surface area contributed by atoms with Crippen molar-refractivity contribution in [3.05, 3.63) is 51.7 Å². The van der Waals surface area contributed by atoms with Crippen LogP contribution in [-0.4, -0.2) is 61.1 Å². The first-order valence-electron chi connectivity index (χ1n) is 11.8. The molecule has 2 aliphatic heterocycles.